The Bertz CT molecular complexity index is 452. The summed E-state index contributed by atoms with van der Waals surface area (Å²) in [5.74, 6) is 0. The lowest BCUT2D eigenvalue weighted by Gasteiger charge is -2.01. The predicted octanol–water partition coefficient (Wildman–Crippen LogP) is 4.03. The molecular formula is C14H16. The largest absolute Gasteiger partial charge is 0.0581 e. The third-order valence-corrected chi connectivity index (χ3v) is 2.87. The van der Waals surface area contributed by atoms with Gasteiger partial charge in [0.1, 0.15) is 0 Å². The van der Waals surface area contributed by atoms with E-state index in [9.17, 15) is 0 Å². The van der Waals surface area contributed by atoms with Crippen molar-refractivity contribution in [2.75, 3.05) is 0 Å². The number of hydrogen-bond acceptors (Lipinski definition) is 0. The third kappa shape index (κ3) is 1.31. The second kappa shape index (κ2) is 3.13. The zero-order valence-corrected chi connectivity index (χ0v) is 9.31. The SMILES string of the molecule is Cc1cc(C)c2c(C)[13cH]c[13c]-2c(C)c1. The molecule has 0 heterocycles. The maximum atomic E-state index is 2.27. The highest BCUT2D eigenvalue weighted by Gasteiger charge is 2.10. The minimum Gasteiger partial charge on any atom is -0.0581 e. The van der Waals surface area contributed by atoms with Crippen LogP contribution < -0.4 is 0 Å². The van der Waals surface area contributed by atoms with Crippen LogP contribution in [0.25, 0.3) is 11.1 Å². The molecule has 0 radical (unpaired) electrons. The van der Waals surface area contributed by atoms with Crippen molar-refractivity contribution in [2.24, 2.45) is 0 Å². The summed E-state index contributed by atoms with van der Waals surface area (Å²) in [5, 5.41) is 0. The van der Waals surface area contributed by atoms with Crippen LogP contribution >= 0.6 is 0 Å². The molecule has 0 spiro atoms. The van der Waals surface area contributed by atoms with Gasteiger partial charge in [0.15, 0.2) is 0 Å². The average molecular weight is 186 g/mol. The maximum Gasteiger partial charge on any atom is -0.0123 e. The van der Waals surface area contributed by atoms with Gasteiger partial charge in [0.25, 0.3) is 0 Å². The van der Waals surface area contributed by atoms with Crippen LogP contribution in [0.5, 0.6) is 0 Å². The highest BCUT2D eigenvalue weighted by atomic mass is 14.5. The van der Waals surface area contributed by atoms with E-state index in [0.717, 1.165) is 0 Å². The molecule has 0 saturated heterocycles. The van der Waals surface area contributed by atoms with Crippen molar-refractivity contribution in [3.8, 4) is 11.1 Å². The molecular weight excluding hydrogens is 170 g/mol. The molecule has 0 heteroatoms. The van der Waals surface area contributed by atoms with Crippen molar-refractivity contribution in [2.45, 2.75) is 27.7 Å². The zero-order valence-electron chi connectivity index (χ0n) is 9.31. The van der Waals surface area contributed by atoms with Crippen LogP contribution in [-0.4, -0.2) is 0 Å². The van der Waals surface area contributed by atoms with Gasteiger partial charge in [0.2, 0.25) is 0 Å². The zero-order chi connectivity index (χ0) is 10.3. The first-order chi connectivity index (χ1) is 6.59. The summed E-state index contributed by atoms with van der Waals surface area (Å²) in [6.07, 6.45) is 0. The molecule has 0 atom stereocenters. The first-order valence-corrected chi connectivity index (χ1v) is 5.07. The summed E-state index contributed by atoms with van der Waals surface area (Å²) in [6.45, 7) is 8.73. The molecule has 0 N–H and O–H groups in total. The van der Waals surface area contributed by atoms with E-state index in [4.69, 9.17) is 0 Å². The lowest BCUT2D eigenvalue weighted by Crippen LogP contribution is -1.79. The summed E-state index contributed by atoms with van der Waals surface area (Å²) >= 11 is 0. The fraction of sp³-hybridized carbons (Fsp3) is 0.286. The summed E-state index contributed by atoms with van der Waals surface area (Å²) < 4.78 is 0. The Morgan fingerprint density at radius 2 is 1.36 bits per heavy atom. The Morgan fingerprint density at radius 1 is 0.714 bits per heavy atom. The molecule has 0 aromatic rings. The van der Waals surface area contributed by atoms with Crippen LogP contribution in [-0.2, 0) is 0 Å². The lowest BCUT2D eigenvalue weighted by molar-refractivity contribution is 1.41. The van der Waals surface area contributed by atoms with Crippen LogP contribution in [0.4, 0.5) is 0 Å². The Kier molecular flexibility index (Phi) is 2.07. The van der Waals surface area contributed by atoms with Gasteiger partial charge in [-0.2, -0.15) is 0 Å². The second-order valence-corrected chi connectivity index (χ2v) is 4.20. The van der Waals surface area contributed by atoms with Gasteiger partial charge >= 0.3 is 0 Å². The minimum atomic E-state index is 1.34. The molecule has 0 nitrogen and oxygen atoms in total. The van der Waals surface area contributed by atoms with Crippen molar-refractivity contribution in [1.82, 2.24) is 0 Å². The lowest BCUT2D eigenvalue weighted by atomic mass is 10.1. The first kappa shape index (κ1) is 9.26. The van der Waals surface area contributed by atoms with E-state index < -0.39 is 0 Å². The molecule has 14 heavy (non-hydrogen) atoms. The number of rotatable bonds is 0. The van der Waals surface area contributed by atoms with Crippen molar-refractivity contribution >= 4 is 0 Å². The van der Waals surface area contributed by atoms with Crippen LogP contribution in [0.1, 0.15) is 22.3 Å². The summed E-state index contributed by atoms with van der Waals surface area (Å²) in [7, 11) is 0. The van der Waals surface area contributed by atoms with E-state index in [0.29, 0.717) is 0 Å². The van der Waals surface area contributed by atoms with Crippen molar-refractivity contribution in [1.29, 1.82) is 0 Å². The topological polar surface area (TPSA) is 0 Å². The smallest absolute Gasteiger partial charge is 0.0123 e. The average Bonchev–Trinajstić information content (AvgIpc) is 2.41. The molecule has 0 unspecified atom stereocenters. The fourth-order valence-corrected chi connectivity index (χ4v) is 2.31. The van der Waals surface area contributed by atoms with Crippen LogP contribution in [0.15, 0.2) is 24.3 Å². The molecule has 0 bridgehead atoms. The molecule has 0 fully saturated rings. The van der Waals surface area contributed by atoms with Gasteiger partial charge in [-0.15, -0.1) is 0 Å². The van der Waals surface area contributed by atoms with Crippen LogP contribution in [0, 0.1) is 27.7 Å². The molecule has 0 aliphatic heterocycles. The monoisotopic (exact) mass is 186 g/mol. The molecule has 2 aliphatic rings. The van der Waals surface area contributed by atoms with Gasteiger partial charge in [-0.05, 0) is 55.5 Å². The van der Waals surface area contributed by atoms with E-state index >= 15 is 0 Å². The molecule has 0 amide bonds. The molecule has 2 rings (SSSR count). The Morgan fingerprint density at radius 3 is 2.07 bits per heavy atom. The van der Waals surface area contributed by atoms with Crippen molar-refractivity contribution in [3.63, 3.8) is 0 Å². The van der Waals surface area contributed by atoms with Gasteiger partial charge in [-0.25, -0.2) is 0 Å². The third-order valence-electron chi connectivity index (χ3n) is 2.87. The van der Waals surface area contributed by atoms with E-state index in [1.165, 1.54) is 33.4 Å². The van der Waals surface area contributed by atoms with Crippen molar-refractivity contribution in [3.05, 3.63) is 46.5 Å². The molecule has 2 aliphatic carbocycles. The van der Waals surface area contributed by atoms with E-state index in [2.05, 4.69) is 52.0 Å². The Hall–Kier alpha value is -1.30. The number of fused-ring (bicyclic) bond motifs is 1. The van der Waals surface area contributed by atoms with Gasteiger partial charge in [-0.3, -0.25) is 0 Å². The predicted molar refractivity (Wildman–Crippen MR) is 62.0 cm³/mol. The van der Waals surface area contributed by atoms with E-state index in [1.807, 2.05) is 0 Å². The van der Waals surface area contributed by atoms with Gasteiger partial charge < -0.3 is 0 Å². The fourth-order valence-electron chi connectivity index (χ4n) is 2.31. The maximum absolute atomic E-state index is 2.27. The Balaban J connectivity index is 2.88. The molecule has 0 aromatic heterocycles. The normalized spacial score (nSPS) is 10.9. The second-order valence-electron chi connectivity index (χ2n) is 4.20. The van der Waals surface area contributed by atoms with Crippen LogP contribution in [0.3, 0.4) is 0 Å². The summed E-state index contributed by atoms with van der Waals surface area (Å²) in [4.78, 5) is 0. The first-order valence-electron chi connectivity index (χ1n) is 5.07. The number of hydrogen-bond donors (Lipinski definition) is 0. The molecule has 0 aromatic carbocycles. The summed E-state index contributed by atoms with van der Waals surface area (Å²) in [6, 6.07) is 8.96. The van der Waals surface area contributed by atoms with E-state index in [-0.39, 0.29) is 0 Å². The number of aryl methyl sites for hydroxylation is 4. The van der Waals surface area contributed by atoms with Gasteiger partial charge in [0.05, 0.1) is 0 Å². The van der Waals surface area contributed by atoms with E-state index in [1.54, 1.807) is 0 Å². The highest BCUT2D eigenvalue weighted by Crippen LogP contribution is 2.32. The van der Waals surface area contributed by atoms with Gasteiger partial charge in [-0.1, -0.05) is 29.8 Å². The van der Waals surface area contributed by atoms with Crippen LogP contribution in [0.2, 0.25) is 0 Å². The van der Waals surface area contributed by atoms with Crippen molar-refractivity contribution < 1.29 is 0 Å². The van der Waals surface area contributed by atoms with Gasteiger partial charge in [0, 0.05) is 0 Å². The highest BCUT2D eigenvalue weighted by molar-refractivity contribution is 5.76. The minimum absolute atomic E-state index is 1.34. The molecule has 0 saturated carbocycles. The standard InChI is InChI=1S/C14H16/c1-9-7-11(3)13-6-5-10(2)14(13)12(4)8-9/h5-8H,1-4H3/i5+1,13+1. The molecule has 72 valence electrons. The Labute approximate surface area is 85.9 Å². The summed E-state index contributed by atoms with van der Waals surface area (Å²) in [5.41, 5.74) is 8.31. The quantitative estimate of drug-likeness (QED) is 0.582.